The van der Waals surface area contributed by atoms with Crippen molar-refractivity contribution in [3.63, 3.8) is 0 Å². The Balaban J connectivity index is 2.19. The van der Waals surface area contributed by atoms with E-state index in [1.165, 1.54) is 18.2 Å². The van der Waals surface area contributed by atoms with Gasteiger partial charge in [-0.25, -0.2) is 9.18 Å². The van der Waals surface area contributed by atoms with E-state index in [1.54, 1.807) is 6.07 Å². The lowest BCUT2D eigenvalue weighted by molar-refractivity contribution is -0.131. The first-order valence-corrected chi connectivity index (χ1v) is 6.03. The summed E-state index contributed by atoms with van der Waals surface area (Å²) >= 11 is 0. The molecule has 0 fully saturated rings. The van der Waals surface area contributed by atoms with Crippen molar-refractivity contribution in [2.24, 2.45) is 0 Å². The first kappa shape index (κ1) is 13.8. The molecule has 0 spiro atoms. The van der Waals surface area contributed by atoms with E-state index in [0.29, 0.717) is 5.56 Å². The predicted molar refractivity (Wildman–Crippen MR) is 73.8 cm³/mol. The third-order valence-electron chi connectivity index (χ3n) is 2.63. The zero-order chi connectivity index (χ0) is 14.4. The number of ether oxygens (including phenoxy) is 1. The van der Waals surface area contributed by atoms with Gasteiger partial charge in [0.15, 0.2) is 11.6 Å². The normalized spacial score (nSPS) is 10.7. The Labute approximate surface area is 115 Å². The van der Waals surface area contributed by atoms with E-state index >= 15 is 0 Å². The lowest BCUT2D eigenvalue weighted by Crippen LogP contribution is -1.99. The van der Waals surface area contributed by atoms with Gasteiger partial charge in [0.05, 0.1) is 0 Å². The summed E-state index contributed by atoms with van der Waals surface area (Å²) in [6.45, 7) is 0.218. The monoisotopic (exact) mass is 272 g/mol. The van der Waals surface area contributed by atoms with Gasteiger partial charge in [-0.3, -0.25) is 0 Å². The first-order chi connectivity index (χ1) is 9.66. The second kappa shape index (κ2) is 6.52. The number of para-hydroxylation sites is 1. The van der Waals surface area contributed by atoms with Crippen LogP contribution in [0.4, 0.5) is 4.39 Å². The molecule has 102 valence electrons. The van der Waals surface area contributed by atoms with Crippen molar-refractivity contribution in [1.82, 2.24) is 0 Å². The minimum absolute atomic E-state index is 0.0499. The van der Waals surface area contributed by atoms with Gasteiger partial charge in [-0.15, -0.1) is 0 Å². The molecule has 4 heteroatoms. The molecule has 0 aliphatic carbocycles. The first-order valence-electron chi connectivity index (χ1n) is 6.03. The van der Waals surface area contributed by atoms with E-state index in [1.807, 2.05) is 30.3 Å². The molecular weight excluding hydrogens is 259 g/mol. The highest BCUT2D eigenvalue weighted by atomic mass is 19.1. The van der Waals surface area contributed by atoms with E-state index in [0.717, 1.165) is 11.6 Å². The summed E-state index contributed by atoms with van der Waals surface area (Å²) < 4.78 is 19.2. The Hall–Kier alpha value is -2.62. The van der Waals surface area contributed by atoms with Crippen LogP contribution in [0.25, 0.3) is 6.08 Å². The molecule has 0 unspecified atom stereocenters. The molecule has 0 aliphatic rings. The van der Waals surface area contributed by atoms with Gasteiger partial charge in [-0.1, -0.05) is 42.5 Å². The number of carboxylic acid groups (broad SMARTS) is 1. The average Bonchev–Trinajstić information content (AvgIpc) is 2.45. The van der Waals surface area contributed by atoms with Crippen molar-refractivity contribution in [2.45, 2.75) is 6.61 Å². The highest BCUT2D eigenvalue weighted by Crippen LogP contribution is 2.25. The Bertz CT molecular complexity index is 621. The third-order valence-corrected chi connectivity index (χ3v) is 2.63. The van der Waals surface area contributed by atoms with Crippen molar-refractivity contribution in [3.8, 4) is 5.75 Å². The molecule has 3 nitrogen and oxygen atoms in total. The molecule has 0 saturated heterocycles. The molecule has 0 heterocycles. The van der Waals surface area contributed by atoms with Gasteiger partial charge in [-0.2, -0.15) is 0 Å². The Kier molecular flexibility index (Phi) is 4.50. The number of benzene rings is 2. The van der Waals surface area contributed by atoms with Crippen molar-refractivity contribution >= 4 is 12.0 Å². The van der Waals surface area contributed by atoms with Crippen LogP contribution >= 0.6 is 0 Å². The lowest BCUT2D eigenvalue weighted by atomic mass is 10.1. The van der Waals surface area contributed by atoms with Crippen molar-refractivity contribution in [3.05, 3.63) is 71.6 Å². The van der Waals surface area contributed by atoms with Gasteiger partial charge < -0.3 is 9.84 Å². The van der Waals surface area contributed by atoms with Crippen molar-refractivity contribution < 1.29 is 19.0 Å². The maximum Gasteiger partial charge on any atom is 0.328 e. The number of hydrogen-bond acceptors (Lipinski definition) is 2. The SMILES string of the molecule is O=C(O)/C=C/c1cccc(F)c1OCc1ccccc1. The number of halogens is 1. The van der Waals surface area contributed by atoms with Crippen molar-refractivity contribution in [2.75, 3.05) is 0 Å². The Morgan fingerprint density at radius 3 is 2.60 bits per heavy atom. The van der Waals surface area contributed by atoms with Gasteiger partial charge in [0.25, 0.3) is 0 Å². The van der Waals surface area contributed by atoms with Crippen LogP contribution in [0.15, 0.2) is 54.6 Å². The number of rotatable bonds is 5. The summed E-state index contributed by atoms with van der Waals surface area (Å²) in [5.74, 6) is -1.56. The number of carboxylic acids is 1. The van der Waals surface area contributed by atoms with Crippen LogP contribution in [0.5, 0.6) is 5.75 Å². The molecule has 2 aromatic rings. The molecule has 2 aromatic carbocycles. The van der Waals surface area contributed by atoms with E-state index in [9.17, 15) is 9.18 Å². The number of carbonyl (C=O) groups is 1. The van der Waals surface area contributed by atoms with Gasteiger partial charge in [-0.05, 0) is 17.7 Å². The summed E-state index contributed by atoms with van der Waals surface area (Å²) in [5, 5.41) is 8.62. The highest BCUT2D eigenvalue weighted by molar-refractivity contribution is 5.85. The second-order valence-electron chi connectivity index (χ2n) is 4.10. The zero-order valence-corrected chi connectivity index (χ0v) is 10.6. The molecule has 0 amide bonds. The van der Waals surface area contributed by atoms with Gasteiger partial charge in [0, 0.05) is 11.6 Å². The van der Waals surface area contributed by atoms with Gasteiger partial charge in [0.1, 0.15) is 6.61 Å². The van der Waals surface area contributed by atoms with Crippen LogP contribution in [-0.2, 0) is 11.4 Å². The maximum absolute atomic E-state index is 13.8. The van der Waals surface area contributed by atoms with Gasteiger partial charge in [0.2, 0.25) is 0 Å². The van der Waals surface area contributed by atoms with Crippen LogP contribution < -0.4 is 4.74 Å². The smallest absolute Gasteiger partial charge is 0.328 e. The minimum Gasteiger partial charge on any atom is -0.485 e. The van der Waals surface area contributed by atoms with Crippen molar-refractivity contribution in [1.29, 1.82) is 0 Å². The molecule has 0 saturated carbocycles. The number of hydrogen-bond donors (Lipinski definition) is 1. The highest BCUT2D eigenvalue weighted by Gasteiger charge is 2.08. The van der Waals surface area contributed by atoms with Crippen LogP contribution in [-0.4, -0.2) is 11.1 Å². The fourth-order valence-electron chi connectivity index (χ4n) is 1.70. The molecule has 0 atom stereocenters. The summed E-state index contributed by atoms with van der Waals surface area (Å²) in [7, 11) is 0. The summed E-state index contributed by atoms with van der Waals surface area (Å²) in [4.78, 5) is 10.5. The third kappa shape index (κ3) is 3.68. The van der Waals surface area contributed by atoms with Crippen LogP contribution in [0.1, 0.15) is 11.1 Å². The Morgan fingerprint density at radius 2 is 1.90 bits per heavy atom. The molecule has 20 heavy (non-hydrogen) atoms. The van der Waals surface area contributed by atoms with E-state index < -0.39 is 11.8 Å². The maximum atomic E-state index is 13.8. The average molecular weight is 272 g/mol. The van der Waals surface area contributed by atoms with Crippen LogP contribution in [0.2, 0.25) is 0 Å². The van der Waals surface area contributed by atoms with Crippen LogP contribution in [0, 0.1) is 5.82 Å². The Morgan fingerprint density at radius 1 is 1.15 bits per heavy atom. The largest absolute Gasteiger partial charge is 0.485 e. The molecule has 0 bridgehead atoms. The molecule has 2 rings (SSSR count). The van der Waals surface area contributed by atoms with E-state index in [2.05, 4.69) is 0 Å². The summed E-state index contributed by atoms with van der Waals surface area (Å²) in [5.41, 5.74) is 1.30. The predicted octanol–water partition coefficient (Wildman–Crippen LogP) is 3.50. The van der Waals surface area contributed by atoms with Gasteiger partial charge >= 0.3 is 5.97 Å². The fraction of sp³-hybridized carbons (Fsp3) is 0.0625. The topological polar surface area (TPSA) is 46.5 Å². The number of aliphatic carboxylic acids is 1. The standard InChI is InChI=1S/C16H13FO3/c17-14-8-4-7-13(9-10-15(18)19)16(14)20-11-12-5-2-1-3-6-12/h1-10H,11H2,(H,18,19)/b10-9+. The zero-order valence-electron chi connectivity index (χ0n) is 10.6. The lowest BCUT2D eigenvalue weighted by Gasteiger charge is -2.10. The minimum atomic E-state index is -1.09. The molecule has 1 N–H and O–H groups in total. The quantitative estimate of drug-likeness (QED) is 0.847. The summed E-state index contributed by atoms with van der Waals surface area (Å²) in [6, 6.07) is 13.7. The molecule has 0 aromatic heterocycles. The molecule has 0 aliphatic heterocycles. The fourth-order valence-corrected chi connectivity index (χ4v) is 1.70. The summed E-state index contributed by atoms with van der Waals surface area (Å²) in [6.07, 6.45) is 2.26. The molecule has 0 radical (unpaired) electrons. The second-order valence-corrected chi connectivity index (χ2v) is 4.10. The van der Waals surface area contributed by atoms with E-state index in [-0.39, 0.29) is 12.4 Å². The van der Waals surface area contributed by atoms with Crippen LogP contribution in [0.3, 0.4) is 0 Å². The molecular formula is C16H13FO3. The van der Waals surface area contributed by atoms with E-state index in [4.69, 9.17) is 9.84 Å².